The van der Waals surface area contributed by atoms with Gasteiger partial charge in [0.2, 0.25) is 0 Å². The molecule has 1 aliphatic rings. The maximum Gasteiger partial charge on any atom is 0.147 e. The number of nitrogens with one attached hydrogen (secondary N) is 1. The first-order valence-corrected chi connectivity index (χ1v) is 7.64. The molecule has 2 N–H and O–H groups in total. The van der Waals surface area contributed by atoms with Crippen LogP contribution in [0, 0.1) is 0 Å². The maximum atomic E-state index is 10.9. The zero-order valence-corrected chi connectivity index (χ0v) is 10.1. The summed E-state index contributed by atoms with van der Waals surface area (Å²) in [6.07, 6.45) is 5.29. The highest BCUT2D eigenvalue weighted by molar-refractivity contribution is 7.90. The van der Waals surface area contributed by atoms with Crippen LogP contribution in [0.1, 0.15) is 32.1 Å². The van der Waals surface area contributed by atoms with Gasteiger partial charge in [-0.25, -0.2) is 8.42 Å². The summed E-state index contributed by atoms with van der Waals surface area (Å²) in [6, 6.07) is 0.165. The van der Waals surface area contributed by atoms with Crippen LogP contribution in [0.4, 0.5) is 0 Å². The van der Waals surface area contributed by atoms with Crippen molar-refractivity contribution in [1.29, 1.82) is 0 Å². The molecule has 0 amide bonds. The van der Waals surface area contributed by atoms with E-state index in [1.165, 1.54) is 12.7 Å². The molecule has 4 nitrogen and oxygen atoms in total. The van der Waals surface area contributed by atoms with Crippen LogP contribution in [0.2, 0.25) is 0 Å². The molecule has 15 heavy (non-hydrogen) atoms. The fraction of sp³-hybridized carbons (Fsp3) is 1.00. The second-order valence-corrected chi connectivity index (χ2v) is 6.66. The average Bonchev–Trinajstić information content (AvgIpc) is 2.17. The minimum Gasteiger partial charge on any atom is -0.392 e. The molecule has 0 aromatic heterocycles. The van der Waals surface area contributed by atoms with Gasteiger partial charge in [0, 0.05) is 18.1 Å². The zero-order chi connectivity index (χ0) is 11.3. The summed E-state index contributed by atoms with van der Waals surface area (Å²) in [5.41, 5.74) is 0. The molecule has 90 valence electrons. The molecule has 1 heterocycles. The topological polar surface area (TPSA) is 66.4 Å². The van der Waals surface area contributed by atoms with Crippen LogP contribution >= 0.6 is 0 Å². The Morgan fingerprint density at radius 1 is 1.47 bits per heavy atom. The van der Waals surface area contributed by atoms with Gasteiger partial charge in [0.25, 0.3) is 0 Å². The lowest BCUT2D eigenvalue weighted by Gasteiger charge is -2.27. The molecular weight excluding hydrogens is 214 g/mol. The van der Waals surface area contributed by atoms with Gasteiger partial charge in [0.15, 0.2) is 0 Å². The van der Waals surface area contributed by atoms with Gasteiger partial charge in [0.1, 0.15) is 9.84 Å². The third-order valence-electron chi connectivity index (χ3n) is 2.83. The smallest absolute Gasteiger partial charge is 0.147 e. The fourth-order valence-electron chi connectivity index (χ4n) is 1.96. The monoisotopic (exact) mass is 235 g/mol. The first-order valence-electron chi connectivity index (χ1n) is 5.58. The van der Waals surface area contributed by atoms with Gasteiger partial charge in [-0.3, -0.25) is 0 Å². The predicted molar refractivity (Wildman–Crippen MR) is 60.6 cm³/mol. The van der Waals surface area contributed by atoms with Crippen molar-refractivity contribution in [1.82, 2.24) is 5.32 Å². The van der Waals surface area contributed by atoms with Crippen LogP contribution in [-0.2, 0) is 9.84 Å². The lowest BCUT2D eigenvalue weighted by molar-refractivity contribution is 0.104. The standard InChI is InChI=1S/C10H21NO3S/c1-15(13,14)8-4-6-10(12)9-5-2-3-7-11-9/h9-12H,2-8H2,1H3. The van der Waals surface area contributed by atoms with Gasteiger partial charge in [0.05, 0.1) is 6.10 Å². The molecular formula is C10H21NO3S. The lowest BCUT2D eigenvalue weighted by Crippen LogP contribution is -2.43. The van der Waals surface area contributed by atoms with Crippen LogP contribution in [-0.4, -0.2) is 44.2 Å². The van der Waals surface area contributed by atoms with Crippen LogP contribution in [0.3, 0.4) is 0 Å². The molecule has 0 aliphatic carbocycles. The Hall–Kier alpha value is -0.130. The Bertz CT molecular complexity index is 270. The fourth-order valence-corrected chi connectivity index (χ4v) is 2.65. The van der Waals surface area contributed by atoms with Crippen molar-refractivity contribution in [2.24, 2.45) is 0 Å². The quantitative estimate of drug-likeness (QED) is 0.720. The number of hydrogen-bond donors (Lipinski definition) is 2. The van der Waals surface area contributed by atoms with E-state index in [9.17, 15) is 13.5 Å². The van der Waals surface area contributed by atoms with Crippen molar-refractivity contribution in [2.75, 3.05) is 18.6 Å². The summed E-state index contributed by atoms with van der Waals surface area (Å²) >= 11 is 0. The van der Waals surface area contributed by atoms with Gasteiger partial charge in [-0.15, -0.1) is 0 Å². The lowest BCUT2D eigenvalue weighted by atomic mass is 9.97. The Kier molecular flexibility index (Phi) is 5.02. The van der Waals surface area contributed by atoms with Gasteiger partial charge in [-0.2, -0.15) is 0 Å². The van der Waals surface area contributed by atoms with Crippen molar-refractivity contribution < 1.29 is 13.5 Å². The normalized spacial score (nSPS) is 25.1. The Balaban J connectivity index is 2.20. The molecule has 2 atom stereocenters. The van der Waals surface area contributed by atoms with Crippen LogP contribution in [0.25, 0.3) is 0 Å². The van der Waals surface area contributed by atoms with Crippen molar-refractivity contribution >= 4 is 9.84 Å². The predicted octanol–water partition coefficient (Wildman–Crippen LogP) is 0.314. The number of piperidine rings is 1. The molecule has 2 unspecified atom stereocenters. The number of aliphatic hydroxyl groups is 1. The van der Waals surface area contributed by atoms with Crippen molar-refractivity contribution in [2.45, 2.75) is 44.2 Å². The third-order valence-corrected chi connectivity index (χ3v) is 3.86. The molecule has 1 rings (SSSR count). The molecule has 0 spiro atoms. The van der Waals surface area contributed by atoms with Crippen LogP contribution < -0.4 is 5.32 Å². The van der Waals surface area contributed by atoms with Crippen molar-refractivity contribution in [3.8, 4) is 0 Å². The minimum atomic E-state index is -2.88. The molecule has 5 heteroatoms. The third kappa shape index (κ3) is 5.49. The van der Waals surface area contributed by atoms with Gasteiger partial charge in [-0.1, -0.05) is 6.42 Å². The number of rotatable bonds is 5. The minimum absolute atomic E-state index is 0.165. The van der Waals surface area contributed by atoms with E-state index in [-0.39, 0.29) is 11.8 Å². The van der Waals surface area contributed by atoms with Crippen molar-refractivity contribution in [3.63, 3.8) is 0 Å². The number of sulfone groups is 1. The summed E-state index contributed by atoms with van der Waals surface area (Å²) in [5.74, 6) is 0.177. The van der Waals surface area contributed by atoms with Gasteiger partial charge in [-0.05, 0) is 32.2 Å². The SMILES string of the molecule is CS(=O)(=O)CCCC(O)C1CCCCN1. The Morgan fingerprint density at radius 2 is 2.20 bits per heavy atom. The summed E-state index contributed by atoms with van der Waals surface area (Å²) < 4.78 is 21.8. The van der Waals surface area contributed by atoms with E-state index in [1.54, 1.807) is 0 Å². The van der Waals surface area contributed by atoms with Crippen molar-refractivity contribution in [3.05, 3.63) is 0 Å². The summed E-state index contributed by atoms with van der Waals surface area (Å²) in [5, 5.41) is 13.1. The Morgan fingerprint density at radius 3 is 2.73 bits per heavy atom. The molecule has 0 aromatic carbocycles. The van der Waals surface area contributed by atoms with E-state index >= 15 is 0 Å². The zero-order valence-electron chi connectivity index (χ0n) is 9.28. The Labute approximate surface area is 92.0 Å². The highest BCUT2D eigenvalue weighted by atomic mass is 32.2. The summed E-state index contributed by atoms with van der Waals surface area (Å²) in [6.45, 7) is 0.966. The first-order chi connectivity index (χ1) is 6.99. The maximum absolute atomic E-state index is 10.9. The van der Waals surface area contributed by atoms with Gasteiger partial charge >= 0.3 is 0 Å². The first kappa shape index (κ1) is 12.9. The van der Waals surface area contributed by atoms with E-state index in [0.29, 0.717) is 12.8 Å². The van der Waals surface area contributed by atoms with Crippen LogP contribution in [0.15, 0.2) is 0 Å². The second-order valence-electron chi connectivity index (χ2n) is 4.40. The average molecular weight is 235 g/mol. The summed E-state index contributed by atoms with van der Waals surface area (Å²) in [4.78, 5) is 0. The molecule has 1 aliphatic heterocycles. The highest BCUT2D eigenvalue weighted by Gasteiger charge is 2.20. The van der Waals surface area contributed by atoms with E-state index in [4.69, 9.17) is 0 Å². The van der Waals surface area contributed by atoms with E-state index < -0.39 is 15.9 Å². The summed E-state index contributed by atoms with van der Waals surface area (Å²) in [7, 11) is -2.88. The largest absolute Gasteiger partial charge is 0.392 e. The molecule has 0 saturated carbocycles. The highest BCUT2D eigenvalue weighted by Crippen LogP contribution is 2.13. The molecule has 1 saturated heterocycles. The van der Waals surface area contributed by atoms with E-state index in [1.807, 2.05) is 0 Å². The molecule has 1 fully saturated rings. The van der Waals surface area contributed by atoms with Crippen LogP contribution in [0.5, 0.6) is 0 Å². The molecule has 0 bridgehead atoms. The molecule has 0 radical (unpaired) electrons. The van der Waals surface area contributed by atoms with E-state index in [2.05, 4.69) is 5.32 Å². The second kappa shape index (κ2) is 5.82. The van der Waals surface area contributed by atoms with Gasteiger partial charge < -0.3 is 10.4 Å². The van der Waals surface area contributed by atoms with E-state index in [0.717, 1.165) is 19.4 Å². The number of aliphatic hydroxyl groups excluding tert-OH is 1. The number of hydrogen-bond acceptors (Lipinski definition) is 4. The molecule has 0 aromatic rings.